The molecule has 1 rings (SSSR count). The minimum atomic E-state index is -3.54. The molecule has 0 atom stereocenters. The number of hydrogen-bond acceptors (Lipinski definition) is 5. The topological polar surface area (TPSA) is 81.7 Å². The van der Waals surface area contributed by atoms with Crippen molar-refractivity contribution in [2.75, 3.05) is 12.9 Å². The van der Waals surface area contributed by atoms with E-state index in [0.29, 0.717) is 12.8 Å². The van der Waals surface area contributed by atoms with Gasteiger partial charge in [0.25, 0.3) is 10.1 Å². The second kappa shape index (κ2) is 6.96. The molecule has 1 aliphatic carbocycles. The molecule has 0 heterocycles. The van der Waals surface area contributed by atoms with Gasteiger partial charge in [0.1, 0.15) is 5.60 Å². The van der Waals surface area contributed by atoms with Crippen LogP contribution in [-0.2, 0) is 19.0 Å². The van der Waals surface area contributed by atoms with E-state index < -0.39 is 27.4 Å². The molecule has 1 N–H and O–H groups in total. The van der Waals surface area contributed by atoms with Gasteiger partial charge in [-0.15, -0.1) is 0 Å². The summed E-state index contributed by atoms with van der Waals surface area (Å²) in [4.78, 5) is 12.0. The Kier molecular flexibility index (Phi) is 6.04. The average Bonchev–Trinajstić information content (AvgIpc) is 2.49. The fourth-order valence-electron chi connectivity index (χ4n) is 2.45. The van der Waals surface area contributed by atoms with Crippen LogP contribution in [0.2, 0.25) is 0 Å². The van der Waals surface area contributed by atoms with Gasteiger partial charge in [-0.2, -0.15) is 8.42 Å². The molecule has 1 aliphatic rings. The normalized spacial score (nSPS) is 19.6. The van der Waals surface area contributed by atoms with Crippen LogP contribution in [0.1, 0.15) is 59.3 Å². The standard InChI is InChI=1S/C14H27NO5S/c1-13(2,3)20-12(16)15-14(11-19-21(4,17)18)9-7-5-6-8-10-14/h5-11H2,1-4H3,(H,15,16). The lowest BCUT2D eigenvalue weighted by Crippen LogP contribution is -2.53. The van der Waals surface area contributed by atoms with Crippen LogP contribution in [0.15, 0.2) is 0 Å². The molecule has 0 radical (unpaired) electrons. The first kappa shape index (κ1) is 18.2. The first-order chi connectivity index (χ1) is 9.52. The molecule has 7 heteroatoms. The summed E-state index contributed by atoms with van der Waals surface area (Å²) in [5.74, 6) is 0. The number of ether oxygens (including phenoxy) is 1. The molecule has 124 valence electrons. The van der Waals surface area contributed by atoms with Gasteiger partial charge in [0.05, 0.1) is 18.4 Å². The summed E-state index contributed by atoms with van der Waals surface area (Å²) in [5.41, 5.74) is -1.25. The van der Waals surface area contributed by atoms with E-state index in [9.17, 15) is 13.2 Å². The van der Waals surface area contributed by atoms with Crippen molar-refractivity contribution in [3.63, 3.8) is 0 Å². The lowest BCUT2D eigenvalue weighted by molar-refractivity contribution is 0.0395. The molecule has 0 unspecified atom stereocenters. The molecule has 0 aromatic heterocycles. The van der Waals surface area contributed by atoms with E-state index in [4.69, 9.17) is 8.92 Å². The summed E-state index contributed by atoms with van der Waals surface area (Å²) in [6.45, 7) is 5.34. The number of carbonyl (C=O) groups is 1. The predicted molar refractivity (Wildman–Crippen MR) is 80.6 cm³/mol. The van der Waals surface area contributed by atoms with E-state index in [1.807, 2.05) is 0 Å². The van der Waals surface area contributed by atoms with Crippen molar-refractivity contribution in [1.29, 1.82) is 0 Å². The molecule has 1 saturated carbocycles. The Bertz CT molecular complexity index is 444. The van der Waals surface area contributed by atoms with Gasteiger partial charge < -0.3 is 10.1 Å². The summed E-state index contributed by atoms with van der Waals surface area (Å²) in [6.07, 6.45) is 5.91. The number of hydrogen-bond donors (Lipinski definition) is 1. The average molecular weight is 321 g/mol. The van der Waals surface area contributed by atoms with Gasteiger partial charge in [0.15, 0.2) is 0 Å². The highest BCUT2D eigenvalue weighted by atomic mass is 32.2. The zero-order chi connectivity index (χ0) is 16.1. The van der Waals surface area contributed by atoms with Crippen molar-refractivity contribution in [2.24, 2.45) is 0 Å². The van der Waals surface area contributed by atoms with Crippen LogP contribution in [0.5, 0.6) is 0 Å². The minimum absolute atomic E-state index is 0.0366. The Labute approximate surface area is 127 Å². The van der Waals surface area contributed by atoms with Gasteiger partial charge >= 0.3 is 6.09 Å². The summed E-state index contributed by atoms with van der Waals surface area (Å²) < 4.78 is 32.7. The molecule has 0 spiro atoms. The van der Waals surface area contributed by atoms with Crippen molar-refractivity contribution in [2.45, 2.75) is 70.4 Å². The lowest BCUT2D eigenvalue weighted by atomic mass is 9.91. The Hall–Kier alpha value is -0.820. The largest absolute Gasteiger partial charge is 0.444 e. The van der Waals surface area contributed by atoms with Crippen molar-refractivity contribution >= 4 is 16.2 Å². The molecular formula is C14H27NO5S. The highest BCUT2D eigenvalue weighted by molar-refractivity contribution is 7.85. The maximum Gasteiger partial charge on any atom is 0.408 e. The van der Waals surface area contributed by atoms with E-state index in [-0.39, 0.29) is 6.61 Å². The first-order valence-corrected chi connectivity index (χ1v) is 9.19. The monoisotopic (exact) mass is 321 g/mol. The summed E-state index contributed by atoms with van der Waals surface area (Å²) >= 11 is 0. The van der Waals surface area contributed by atoms with Crippen LogP contribution in [0, 0.1) is 0 Å². The zero-order valence-corrected chi connectivity index (χ0v) is 14.2. The molecule has 1 amide bonds. The number of nitrogens with one attached hydrogen (secondary N) is 1. The smallest absolute Gasteiger partial charge is 0.408 e. The molecular weight excluding hydrogens is 294 g/mol. The summed E-state index contributed by atoms with van der Waals surface area (Å²) in [6, 6.07) is 0. The predicted octanol–water partition coefficient (Wildman–Crippen LogP) is 2.58. The maximum absolute atomic E-state index is 12.0. The molecule has 0 aromatic carbocycles. The Morgan fingerprint density at radius 2 is 1.67 bits per heavy atom. The second-order valence-corrected chi connectivity index (χ2v) is 8.43. The molecule has 0 bridgehead atoms. The Balaban J connectivity index is 2.78. The summed E-state index contributed by atoms with van der Waals surface area (Å²) in [7, 11) is -3.54. The first-order valence-electron chi connectivity index (χ1n) is 7.37. The van der Waals surface area contributed by atoms with Gasteiger partial charge in [0, 0.05) is 0 Å². The van der Waals surface area contributed by atoms with Crippen LogP contribution < -0.4 is 5.32 Å². The van der Waals surface area contributed by atoms with Crippen molar-refractivity contribution in [1.82, 2.24) is 5.32 Å². The molecule has 0 aliphatic heterocycles. The van der Waals surface area contributed by atoms with E-state index in [1.54, 1.807) is 20.8 Å². The minimum Gasteiger partial charge on any atom is -0.444 e. The van der Waals surface area contributed by atoms with Crippen LogP contribution in [0.25, 0.3) is 0 Å². The van der Waals surface area contributed by atoms with Crippen LogP contribution in [-0.4, -0.2) is 38.5 Å². The highest BCUT2D eigenvalue weighted by Gasteiger charge is 2.35. The van der Waals surface area contributed by atoms with Crippen LogP contribution in [0.4, 0.5) is 4.79 Å². The number of rotatable bonds is 4. The fourth-order valence-corrected chi connectivity index (χ4v) is 2.89. The molecule has 0 aromatic rings. The zero-order valence-electron chi connectivity index (χ0n) is 13.4. The maximum atomic E-state index is 12.0. The van der Waals surface area contributed by atoms with Crippen molar-refractivity contribution in [3.8, 4) is 0 Å². The molecule has 1 fully saturated rings. The van der Waals surface area contributed by atoms with Crippen LogP contribution in [0.3, 0.4) is 0 Å². The quantitative estimate of drug-likeness (QED) is 0.636. The van der Waals surface area contributed by atoms with Gasteiger partial charge in [-0.1, -0.05) is 25.7 Å². The summed E-state index contributed by atoms with van der Waals surface area (Å²) in [5, 5.41) is 2.85. The SMILES string of the molecule is CC(C)(C)OC(=O)NC1(COS(C)(=O)=O)CCCCCC1. The van der Waals surface area contributed by atoms with E-state index in [2.05, 4.69) is 5.32 Å². The number of alkyl carbamates (subject to hydrolysis) is 1. The van der Waals surface area contributed by atoms with Gasteiger partial charge in [-0.05, 0) is 33.6 Å². The molecule has 6 nitrogen and oxygen atoms in total. The van der Waals surface area contributed by atoms with Gasteiger partial charge in [0.2, 0.25) is 0 Å². The van der Waals surface area contributed by atoms with E-state index >= 15 is 0 Å². The van der Waals surface area contributed by atoms with E-state index in [0.717, 1.165) is 31.9 Å². The van der Waals surface area contributed by atoms with Gasteiger partial charge in [-0.25, -0.2) is 4.79 Å². The third-order valence-corrected chi connectivity index (χ3v) is 3.92. The number of amides is 1. The second-order valence-electron chi connectivity index (χ2n) is 6.79. The van der Waals surface area contributed by atoms with Crippen molar-refractivity contribution < 1.29 is 22.1 Å². The third kappa shape index (κ3) is 7.66. The third-order valence-electron chi connectivity index (χ3n) is 3.38. The van der Waals surface area contributed by atoms with Crippen molar-refractivity contribution in [3.05, 3.63) is 0 Å². The fraction of sp³-hybridized carbons (Fsp3) is 0.929. The van der Waals surface area contributed by atoms with Gasteiger partial charge in [-0.3, -0.25) is 4.18 Å². The van der Waals surface area contributed by atoms with Crippen LogP contribution >= 0.6 is 0 Å². The molecule has 0 saturated heterocycles. The van der Waals surface area contributed by atoms with E-state index in [1.165, 1.54) is 0 Å². The Morgan fingerprint density at radius 3 is 2.10 bits per heavy atom. The lowest BCUT2D eigenvalue weighted by Gasteiger charge is -2.34. The number of carbonyl (C=O) groups excluding carboxylic acids is 1. The Morgan fingerprint density at radius 1 is 1.14 bits per heavy atom. The molecule has 21 heavy (non-hydrogen) atoms. The highest BCUT2D eigenvalue weighted by Crippen LogP contribution is 2.28.